The van der Waals surface area contributed by atoms with Gasteiger partial charge in [-0.05, 0) is 87.9 Å². The molecule has 72 heavy (non-hydrogen) atoms. The van der Waals surface area contributed by atoms with E-state index in [0.717, 1.165) is 36.5 Å². The number of halogens is 6. The van der Waals surface area contributed by atoms with Crippen molar-refractivity contribution < 1.29 is 54.9 Å². The van der Waals surface area contributed by atoms with Crippen LogP contribution in [-0.4, -0.2) is 50.7 Å². The number of methoxy groups -OCH3 is 2. The summed E-state index contributed by atoms with van der Waals surface area (Å²) in [6.45, 7) is 20.3. The van der Waals surface area contributed by atoms with Crippen LogP contribution in [0.2, 0.25) is 0 Å². The van der Waals surface area contributed by atoms with Gasteiger partial charge in [-0.3, -0.25) is 0 Å². The molecule has 2 aromatic rings. The molecule has 0 N–H and O–H groups in total. The van der Waals surface area contributed by atoms with E-state index in [1.54, 1.807) is 12.1 Å². The van der Waals surface area contributed by atoms with Crippen LogP contribution in [0, 0.1) is 34.5 Å². The molecule has 0 aliphatic heterocycles. The van der Waals surface area contributed by atoms with Gasteiger partial charge >= 0.3 is 24.3 Å². The molecule has 0 heterocycles. The van der Waals surface area contributed by atoms with E-state index in [2.05, 4.69) is 39.8 Å². The van der Waals surface area contributed by atoms with Gasteiger partial charge in [0, 0.05) is 25.3 Å². The van der Waals surface area contributed by atoms with Crippen LogP contribution in [-0.2, 0) is 39.7 Å². The summed E-state index contributed by atoms with van der Waals surface area (Å²) >= 11 is 0. The first kappa shape index (κ1) is 59.1. The molecule has 0 unspecified atom stereocenters. The van der Waals surface area contributed by atoms with Crippen LogP contribution in [0.4, 0.5) is 26.3 Å². The number of allylic oxidation sites excluding steroid dienone is 18. The lowest BCUT2D eigenvalue weighted by Gasteiger charge is -2.46. The molecule has 0 saturated heterocycles. The number of carbonyl (C=O) groups is 2. The third-order valence-corrected chi connectivity index (χ3v) is 14.5. The van der Waals surface area contributed by atoms with Gasteiger partial charge in [0.15, 0.2) is 0 Å². The van der Waals surface area contributed by atoms with E-state index in [1.807, 2.05) is 114 Å². The van der Waals surface area contributed by atoms with Crippen LogP contribution in [0.1, 0.15) is 106 Å². The Morgan fingerprint density at radius 3 is 1.12 bits per heavy atom. The Morgan fingerprint density at radius 1 is 0.514 bits per heavy atom. The normalized spacial score (nSPS) is 25.6. The van der Waals surface area contributed by atoms with Crippen LogP contribution in [0.25, 0.3) is 0 Å². The summed E-state index contributed by atoms with van der Waals surface area (Å²) in [5.74, 6) is -3.60. The first-order valence-electron chi connectivity index (χ1n) is 24.5. The Kier molecular flexibility index (Phi) is 20.5. The highest BCUT2D eigenvalue weighted by Crippen LogP contribution is 2.50. The molecule has 12 heteroatoms. The lowest BCUT2D eigenvalue weighted by molar-refractivity contribution is -0.280. The maximum Gasteiger partial charge on any atom is 0.432 e. The van der Waals surface area contributed by atoms with Crippen LogP contribution in [0.5, 0.6) is 0 Å². The molecular formula is C60H74F6O6. The number of alkyl halides is 6. The molecule has 8 atom stereocenters. The molecule has 0 bridgehead atoms. The summed E-state index contributed by atoms with van der Waals surface area (Å²) in [6.07, 6.45) is 18.5. The fourth-order valence-corrected chi connectivity index (χ4v) is 10.0. The Morgan fingerprint density at radius 2 is 0.819 bits per heavy atom. The fraction of sp³-hybridized carbons (Fsp3) is 0.467. The van der Waals surface area contributed by atoms with E-state index in [4.69, 9.17) is 18.9 Å². The minimum Gasteiger partial charge on any atom is -0.459 e. The quantitative estimate of drug-likeness (QED) is 0.0842. The number of rotatable bonds is 18. The van der Waals surface area contributed by atoms with Crippen molar-refractivity contribution >= 4 is 11.9 Å². The van der Waals surface area contributed by atoms with Gasteiger partial charge in [0.1, 0.15) is 12.2 Å². The lowest BCUT2D eigenvalue weighted by atomic mass is 9.63. The smallest absolute Gasteiger partial charge is 0.432 e. The van der Waals surface area contributed by atoms with Crippen molar-refractivity contribution in [3.63, 3.8) is 0 Å². The van der Waals surface area contributed by atoms with E-state index in [0.29, 0.717) is 25.7 Å². The lowest BCUT2D eigenvalue weighted by Crippen LogP contribution is -2.54. The topological polar surface area (TPSA) is 71.1 Å². The largest absolute Gasteiger partial charge is 0.459 e. The predicted octanol–water partition coefficient (Wildman–Crippen LogP) is 15.7. The van der Waals surface area contributed by atoms with Gasteiger partial charge in [0.05, 0.1) is 0 Å². The summed E-state index contributed by atoms with van der Waals surface area (Å²) in [4.78, 5) is 26.9. The number of esters is 2. The van der Waals surface area contributed by atoms with Crippen LogP contribution in [0.15, 0.2) is 168 Å². The number of benzene rings is 2. The second kappa shape index (κ2) is 25.0. The van der Waals surface area contributed by atoms with Crippen LogP contribution in [0.3, 0.4) is 0 Å². The molecule has 392 valence electrons. The predicted molar refractivity (Wildman–Crippen MR) is 274 cm³/mol. The summed E-state index contributed by atoms with van der Waals surface area (Å²) in [7, 11) is 1.75. The molecule has 6 nitrogen and oxygen atoms in total. The zero-order valence-corrected chi connectivity index (χ0v) is 43.9. The molecule has 2 aliphatic rings. The summed E-state index contributed by atoms with van der Waals surface area (Å²) in [6, 6.07) is 13.7. The third-order valence-electron chi connectivity index (χ3n) is 14.5. The molecule has 2 aliphatic carbocycles. The van der Waals surface area contributed by atoms with Gasteiger partial charge in [0.2, 0.25) is 0 Å². The summed E-state index contributed by atoms with van der Waals surface area (Å²) in [5.41, 5.74) is -3.50. The Bertz CT molecular complexity index is 2250. The molecule has 0 radical (unpaired) electrons. The average Bonchev–Trinajstić information content (AvgIpc) is 3.30. The molecule has 2 fully saturated rings. The van der Waals surface area contributed by atoms with E-state index in [-0.39, 0.29) is 45.6 Å². The Labute approximate surface area is 424 Å². The van der Waals surface area contributed by atoms with Crippen molar-refractivity contribution in [1.82, 2.24) is 0 Å². The first-order valence-corrected chi connectivity index (χ1v) is 24.5. The third kappa shape index (κ3) is 14.2. The maximum absolute atomic E-state index is 14.6. The Hall–Kier alpha value is -5.46. The van der Waals surface area contributed by atoms with Crippen molar-refractivity contribution in [3.8, 4) is 0 Å². The number of hydrogen-bond acceptors (Lipinski definition) is 6. The zero-order chi connectivity index (χ0) is 53.7. The van der Waals surface area contributed by atoms with Gasteiger partial charge in [0.25, 0.3) is 11.2 Å². The minimum atomic E-state index is -5.04. The van der Waals surface area contributed by atoms with Crippen molar-refractivity contribution in [2.75, 3.05) is 14.2 Å². The maximum atomic E-state index is 14.6. The summed E-state index contributed by atoms with van der Waals surface area (Å²) < 4.78 is 109. The van der Waals surface area contributed by atoms with Gasteiger partial charge in [-0.25, -0.2) is 9.59 Å². The standard InChI is InChI=1S/C60H74F6O6/c1-41(25-21-27-43(3)33-35-49-45(5)51(37-39-55(49,7)8)71-53(67)57(69-11,59(61,62)63)47-29-15-13-16-30-47)23-19-20-24-42(2)26-22-28-44(4)34-36-50-46(6)52(38-40-56(50,9)10)72-54(68)58(70-12,60(64,65)66)48-31-17-14-18-32-48/h13-36,45-46,49-52H,37-40H2,1-12H3/b20-19+,25-21+,26-22+,35-33+,36-34+,41-23+,42-24+,43-27-,44-28-/t45-,46-,49-,50-,51-,52-,57+,58+/m0/s1. The highest BCUT2D eigenvalue weighted by atomic mass is 19.4. The highest BCUT2D eigenvalue weighted by molar-refractivity contribution is 5.83. The molecule has 0 aromatic heterocycles. The van der Waals surface area contributed by atoms with Gasteiger partial charge < -0.3 is 18.9 Å². The van der Waals surface area contributed by atoms with Gasteiger partial charge in [-0.15, -0.1) is 0 Å². The molecule has 4 rings (SSSR count). The minimum absolute atomic E-state index is 0.0785. The van der Waals surface area contributed by atoms with E-state index < -0.39 is 47.7 Å². The fourth-order valence-electron chi connectivity index (χ4n) is 10.0. The number of ether oxygens (including phenoxy) is 4. The Balaban J connectivity index is 1.33. The second-order valence-electron chi connectivity index (χ2n) is 20.7. The summed E-state index contributed by atoms with van der Waals surface area (Å²) in [5, 5.41) is 0. The van der Waals surface area contributed by atoms with Crippen molar-refractivity contribution in [2.45, 2.75) is 131 Å². The highest BCUT2D eigenvalue weighted by Gasteiger charge is 2.66. The monoisotopic (exact) mass is 1000 g/mol. The number of hydrogen-bond donors (Lipinski definition) is 0. The number of carbonyl (C=O) groups excluding carboxylic acids is 2. The van der Waals surface area contributed by atoms with E-state index in [9.17, 15) is 35.9 Å². The molecule has 0 spiro atoms. The van der Waals surface area contributed by atoms with Crippen molar-refractivity contribution in [2.24, 2.45) is 34.5 Å². The van der Waals surface area contributed by atoms with Crippen LogP contribution >= 0.6 is 0 Å². The first-order chi connectivity index (χ1) is 33.7. The average molecular weight is 1010 g/mol. The SMILES string of the molecule is CO[C@@](C(=O)O[C@H]1CCC(C)(C)[C@@H](/C=C/C(C)=C\C=C\C(C)=C\C=C\C=C(C)\C=C\C=C(C)/C=C/[C@H]2[C@H](C)[C@@H](OC(=O)[C@](OC)(c3ccccc3)C(F)(F)F)CCC2(C)C)[C@@H]1C)(c1ccccc1)C(F)(F)F. The van der Waals surface area contributed by atoms with Crippen molar-refractivity contribution in [1.29, 1.82) is 0 Å². The molecule has 2 saturated carbocycles. The zero-order valence-electron chi connectivity index (χ0n) is 43.9. The van der Waals surface area contributed by atoms with Gasteiger partial charge in [-0.2, -0.15) is 26.3 Å². The molecular weight excluding hydrogens is 931 g/mol. The molecule has 2 aromatic carbocycles. The second-order valence-corrected chi connectivity index (χ2v) is 20.7. The van der Waals surface area contributed by atoms with Gasteiger partial charge in [-0.1, -0.05) is 210 Å². The van der Waals surface area contributed by atoms with Crippen molar-refractivity contribution in [3.05, 3.63) is 179 Å². The van der Waals surface area contributed by atoms with E-state index in [1.165, 1.54) is 48.5 Å². The van der Waals surface area contributed by atoms with E-state index >= 15 is 0 Å². The van der Waals surface area contributed by atoms with Crippen LogP contribution < -0.4 is 0 Å². The molecule has 0 amide bonds.